The van der Waals surface area contributed by atoms with Crippen LogP contribution < -0.4 is 4.90 Å². The zero-order valence-corrected chi connectivity index (χ0v) is 10.7. The van der Waals surface area contributed by atoms with Gasteiger partial charge in [-0.2, -0.15) is 0 Å². The predicted molar refractivity (Wildman–Crippen MR) is 68.8 cm³/mol. The van der Waals surface area contributed by atoms with Gasteiger partial charge in [-0.25, -0.2) is 4.79 Å². The molecule has 0 spiro atoms. The van der Waals surface area contributed by atoms with E-state index in [2.05, 4.69) is 18.7 Å². The summed E-state index contributed by atoms with van der Waals surface area (Å²) in [7, 11) is 0. The van der Waals surface area contributed by atoms with Crippen LogP contribution in [0.1, 0.15) is 42.6 Å². The summed E-state index contributed by atoms with van der Waals surface area (Å²) in [5, 5.41) is 9.26. The van der Waals surface area contributed by atoms with E-state index in [4.69, 9.17) is 0 Å². The summed E-state index contributed by atoms with van der Waals surface area (Å²) in [5.74, 6) is -0.845. The van der Waals surface area contributed by atoms with Crippen LogP contribution in [0.25, 0.3) is 0 Å². The molecule has 1 aromatic rings. The molecule has 92 valence electrons. The Morgan fingerprint density at radius 1 is 1.41 bits per heavy atom. The lowest BCUT2D eigenvalue weighted by Crippen LogP contribution is -2.39. The number of carbonyl (C=O) groups is 1. The van der Waals surface area contributed by atoms with Crippen molar-refractivity contribution < 1.29 is 9.90 Å². The number of hydrogen-bond donors (Lipinski definition) is 1. The number of rotatable bonds is 2. The molecule has 1 heterocycles. The average molecular weight is 233 g/mol. The first kappa shape index (κ1) is 12.0. The molecule has 1 aliphatic heterocycles. The molecular weight excluding hydrogens is 214 g/mol. The monoisotopic (exact) mass is 233 g/mol. The summed E-state index contributed by atoms with van der Waals surface area (Å²) in [6.07, 6.45) is 2.24. The van der Waals surface area contributed by atoms with Crippen LogP contribution in [0.2, 0.25) is 0 Å². The average Bonchev–Trinajstić information content (AvgIpc) is 2.57. The molecular formula is C14H19NO2. The van der Waals surface area contributed by atoms with Crippen molar-refractivity contribution in [2.45, 2.75) is 39.2 Å². The molecule has 0 saturated carbocycles. The van der Waals surface area contributed by atoms with Gasteiger partial charge in [0, 0.05) is 12.1 Å². The van der Waals surface area contributed by atoms with Crippen molar-refractivity contribution >= 4 is 11.7 Å². The first-order valence-corrected chi connectivity index (χ1v) is 6.03. The van der Waals surface area contributed by atoms with E-state index in [1.54, 1.807) is 6.07 Å². The Balaban J connectivity index is 2.50. The van der Waals surface area contributed by atoms with Gasteiger partial charge in [0.1, 0.15) is 0 Å². The number of aromatic carboxylic acids is 1. The quantitative estimate of drug-likeness (QED) is 0.853. The summed E-state index contributed by atoms with van der Waals surface area (Å²) in [6.45, 7) is 7.29. The second kappa shape index (κ2) is 4.06. The summed E-state index contributed by atoms with van der Waals surface area (Å²) >= 11 is 0. The second-order valence-corrected chi connectivity index (χ2v) is 5.39. The maximum Gasteiger partial charge on any atom is 0.337 e. The van der Waals surface area contributed by atoms with E-state index in [0.717, 1.165) is 30.6 Å². The van der Waals surface area contributed by atoms with Gasteiger partial charge in [0.25, 0.3) is 0 Å². The summed E-state index contributed by atoms with van der Waals surface area (Å²) in [4.78, 5) is 13.5. The smallest absolute Gasteiger partial charge is 0.337 e. The van der Waals surface area contributed by atoms with Crippen molar-refractivity contribution in [3.63, 3.8) is 0 Å². The molecule has 0 unspecified atom stereocenters. The largest absolute Gasteiger partial charge is 0.478 e. The van der Waals surface area contributed by atoms with E-state index in [-0.39, 0.29) is 5.54 Å². The maximum absolute atomic E-state index is 11.3. The standard InChI is InChI=1S/C14H19NO2/c1-10-5-6-11(13(16)17)12(9-10)15-8-4-7-14(15,2)3/h5-6,9H,4,7-8H2,1-3H3,(H,16,17). The van der Waals surface area contributed by atoms with Crippen LogP contribution in [-0.2, 0) is 0 Å². The third-order valence-corrected chi connectivity index (χ3v) is 3.58. The van der Waals surface area contributed by atoms with Gasteiger partial charge in [0.2, 0.25) is 0 Å². The van der Waals surface area contributed by atoms with Gasteiger partial charge < -0.3 is 10.0 Å². The molecule has 0 atom stereocenters. The number of carboxylic acids is 1. The molecule has 1 N–H and O–H groups in total. The minimum absolute atomic E-state index is 0.0536. The minimum Gasteiger partial charge on any atom is -0.478 e. The fraction of sp³-hybridized carbons (Fsp3) is 0.500. The Morgan fingerprint density at radius 3 is 2.65 bits per heavy atom. The molecule has 3 heteroatoms. The third-order valence-electron chi connectivity index (χ3n) is 3.58. The number of anilines is 1. The molecule has 2 rings (SSSR count). The van der Waals surface area contributed by atoms with E-state index >= 15 is 0 Å². The number of nitrogens with zero attached hydrogens (tertiary/aromatic N) is 1. The first-order valence-electron chi connectivity index (χ1n) is 6.03. The first-order chi connectivity index (χ1) is 7.92. The van der Waals surface area contributed by atoms with Crippen LogP contribution >= 0.6 is 0 Å². The maximum atomic E-state index is 11.3. The summed E-state index contributed by atoms with van der Waals surface area (Å²) < 4.78 is 0. The van der Waals surface area contributed by atoms with Crippen LogP contribution in [0.15, 0.2) is 18.2 Å². The van der Waals surface area contributed by atoms with Gasteiger partial charge in [-0.3, -0.25) is 0 Å². The zero-order valence-electron chi connectivity index (χ0n) is 10.7. The normalized spacial score (nSPS) is 18.4. The van der Waals surface area contributed by atoms with Crippen molar-refractivity contribution in [1.82, 2.24) is 0 Å². The predicted octanol–water partition coefficient (Wildman–Crippen LogP) is 3.07. The van der Waals surface area contributed by atoms with Crippen molar-refractivity contribution in [1.29, 1.82) is 0 Å². The van der Waals surface area contributed by atoms with Crippen LogP contribution in [0, 0.1) is 6.92 Å². The highest BCUT2D eigenvalue weighted by Crippen LogP contribution is 2.35. The highest BCUT2D eigenvalue weighted by molar-refractivity contribution is 5.94. The number of benzene rings is 1. The van der Waals surface area contributed by atoms with Crippen molar-refractivity contribution in [2.75, 3.05) is 11.4 Å². The van der Waals surface area contributed by atoms with E-state index < -0.39 is 5.97 Å². The number of hydrogen-bond acceptors (Lipinski definition) is 2. The highest BCUT2D eigenvalue weighted by atomic mass is 16.4. The lowest BCUT2D eigenvalue weighted by molar-refractivity contribution is 0.0697. The van der Waals surface area contributed by atoms with Crippen molar-refractivity contribution in [2.24, 2.45) is 0 Å². The Kier molecular flexibility index (Phi) is 2.86. The minimum atomic E-state index is -0.845. The third kappa shape index (κ3) is 2.14. The molecule has 0 aromatic heterocycles. The zero-order chi connectivity index (χ0) is 12.6. The summed E-state index contributed by atoms with van der Waals surface area (Å²) in [5.41, 5.74) is 2.43. The second-order valence-electron chi connectivity index (χ2n) is 5.39. The Hall–Kier alpha value is -1.51. The lowest BCUT2D eigenvalue weighted by atomic mass is 10.00. The molecule has 1 fully saturated rings. The Morgan fingerprint density at radius 2 is 2.12 bits per heavy atom. The van der Waals surface area contributed by atoms with Crippen molar-refractivity contribution in [3.8, 4) is 0 Å². The van der Waals surface area contributed by atoms with Crippen LogP contribution in [-0.4, -0.2) is 23.2 Å². The van der Waals surface area contributed by atoms with Gasteiger partial charge in [-0.15, -0.1) is 0 Å². The van der Waals surface area contributed by atoms with Crippen molar-refractivity contribution in [3.05, 3.63) is 29.3 Å². The lowest BCUT2D eigenvalue weighted by Gasteiger charge is -2.34. The highest BCUT2D eigenvalue weighted by Gasteiger charge is 2.33. The fourth-order valence-electron chi connectivity index (χ4n) is 2.60. The topological polar surface area (TPSA) is 40.5 Å². The van der Waals surface area contributed by atoms with Gasteiger partial charge >= 0.3 is 5.97 Å². The van der Waals surface area contributed by atoms with E-state index in [9.17, 15) is 9.90 Å². The SMILES string of the molecule is Cc1ccc(C(=O)O)c(N2CCCC2(C)C)c1. The van der Waals surface area contributed by atoms with Gasteiger partial charge in [0.15, 0.2) is 0 Å². The van der Waals surface area contributed by atoms with Gasteiger partial charge in [-0.1, -0.05) is 6.07 Å². The van der Waals surface area contributed by atoms with E-state index in [0.29, 0.717) is 5.56 Å². The van der Waals surface area contributed by atoms with E-state index in [1.807, 2.05) is 19.1 Å². The molecule has 1 aliphatic rings. The molecule has 1 aromatic carbocycles. The number of aryl methyl sites for hydroxylation is 1. The molecule has 0 bridgehead atoms. The van der Waals surface area contributed by atoms with E-state index in [1.165, 1.54) is 0 Å². The van der Waals surface area contributed by atoms with Gasteiger partial charge in [-0.05, 0) is 51.3 Å². The molecule has 0 amide bonds. The molecule has 0 aliphatic carbocycles. The van der Waals surface area contributed by atoms with Crippen LogP contribution in [0.3, 0.4) is 0 Å². The summed E-state index contributed by atoms with van der Waals surface area (Å²) in [6, 6.07) is 5.55. The molecule has 0 radical (unpaired) electrons. The molecule has 3 nitrogen and oxygen atoms in total. The number of carboxylic acid groups (broad SMARTS) is 1. The van der Waals surface area contributed by atoms with Crippen LogP contribution in [0.4, 0.5) is 5.69 Å². The molecule has 1 saturated heterocycles. The molecule has 17 heavy (non-hydrogen) atoms. The fourth-order valence-corrected chi connectivity index (χ4v) is 2.60. The Labute approximate surface area is 102 Å². The van der Waals surface area contributed by atoms with Crippen LogP contribution in [0.5, 0.6) is 0 Å². The van der Waals surface area contributed by atoms with Gasteiger partial charge in [0.05, 0.1) is 11.3 Å². The Bertz CT molecular complexity index is 452.